The fourth-order valence-corrected chi connectivity index (χ4v) is 2.99. The van der Waals surface area contributed by atoms with Crippen molar-refractivity contribution in [3.8, 4) is 0 Å². The summed E-state index contributed by atoms with van der Waals surface area (Å²) in [6.07, 6.45) is 5.39. The van der Waals surface area contributed by atoms with Crippen LogP contribution in [-0.2, 0) is 4.79 Å². The first-order chi connectivity index (χ1) is 9.59. The Hall–Kier alpha value is -1.76. The lowest BCUT2D eigenvalue weighted by Crippen LogP contribution is -2.62. The van der Waals surface area contributed by atoms with Crippen molar-refractivity contribution in [1.29, 1.82) is 0 Å². The van der Waals surface area contributed by atoms with E-state index in [0.29, 0.717) is 12.5 Å². The number of rotatable bonds is 2. The van der Waals surface area contributed by atoms with Gasteiger partial charge in [0.1, 0.15) is 6.67 Å². The summed E-state index contributed by atoms with van der Waals surface area (Å²) in [5.41, 5.74) is 0. The van der Waals surface area contributed by atoms with Crippen LogP contribution in [0.3, 0.4) is 0 Å². The van der Waals surface area contributed by atoms with E-state index in [-0.39, 0.29) is 11.9 Å². The number of nitrogens with zero attached hydrogens (tertiary/aromatic N) is 5. The molecule has 3 heterocycles. The Labute approximate surface area is 118 Å². The van der Waals surface area contributed by atoms with E-state index < -0.39 is 6.04 Å². The van der Waals surface area contributed by atoms with Gasteiger partial charge < -0.3 is 0 Å². The quantitative estimate of drug-likeness (QED) is 0.656. The molecule has 7 nitrogen and oxygen atoms in total. The largest absolute Gasteiger partial charge is 0.333 e. The maximum Gasteiger partial charge on any atom is 0.333 e. The second-order valence-electron chi connectivity index (χ2n) is 5.58. The highest BCUT2D eigenvalue weighted by molar-refractivity contribution is 6.21. The summed E-state index contributed by atoms with van der Waals surface area (Å²) < 4.78 is 1.93. The first-order valence-corrected chi connectivity index (χ1v) is 7.04. The molecule has 0 aromatic carbocycles. The number of likely N-dealkylation sites (N-methyl/N-ethyl adjacent to an activating group) is 2. The molecule has 0 spiro atoms. The van der Waals surface area contributed by atoms with Crippen molar-refractivity contribution in [3.63, 3.8) is 0 Å². The number of hydrogen-bond donors (Lipinski definition) is 0. The smallest absolute Gasteiger partial charge is 0.269 e. The van der Waals surface area contributed by atoms with Crippen LogP contribution in [0.15, 0.2) is 4.99 Å². The standard InChI is InChI=1S/C13H20N5O2/c1-15-11-10(12(19)16(2)13(15)20)18(8-14-11)9-17-6-4-3-5-7-17/h8,10H,3-7,9H2,1-2H3/q+1. The van der Waals surface area contributed by atoms with Gasteiger partial charge in [0.05, 0.1) is 0 Å². The Morgan fingerprint density at radius 2 is 1.90 bits per heavy atom. The van der Waals surface area contributed by atoms with Gasteiger partial charge in [0, 0.05) is 27.2 Å². The molecule has 3 amide bonds. The Kier molecular flexibility index (Phi) is 3.29. The van der Waals surface area contributed by atoms with E-state index >= 15 is 0 Å². The van der Waals surface area contributed by atoms with Gasteiger partial charge in [0.15, 0.2) is 0 Å². The maximum atomic E-state index is 12.3. The first-order valence-electron chi connectivity index (χ1n) is 7.04. The number of carbonyl (C=O) groups is 2. The molecule has 3 aliphatic rings. The molecule has 7 heteroatoms. The number of imide groups is 1. The average Bonchev–Trinajstić information content (AvgIpc) is 2.88. The maximum absolute atomic E-state index is 12.3. The molecule has 0 aromatic heterocycles. The number of likely N-dealkylation sites (tertiary alicyclic amines) is 1. The summed E-state index contributed by atoms with van der Waals surface area (Å²) in [5, 5.41) is 0. The predicted molar refractivity (Wildman–Crippen MR) is 73.8 cm³/mol. The van der Waals surface area contributed by atoms with Crippen LogP contribution in [0.25, 0.3) is 0 Å². The Balaban J connectivity index is 1.76. The van der Waals surface area contributed by atoms with E-state index in [0.717, 1.165) is 13.1 Å². The molecule has 0 aromatic rings. The number of fused-ring (bicyclic) bond motifs is 1. The number of aliphatic imine (C=N–C) groups is 1. The van der Waals surface area contributed by atoms with Crippen LogP contribution in [0.4, 0.5) is 4.79 Å². The number of urea groups is 1. The summed E-state index contributed by atoms with van der Waals surface area (Å²) >= 11 is 0. The highest BCUT2D eigenvalue weighted by Crippen LogP contribution is 2.18. The number of piperidine rings is 1. The van der Waals surface area contributed by atoms with Crippen LogP contribution in [0.2, 0.25) is 0 Å². The Morgan fingerprint density at radius 1 is 1.20 bits per heavy atom. The topological polar surface area (TPSA) is 59.2 Å². The van der Waals surface area contributed by atoms with Gasteiger partial charge in [-0.2, -0.15) is 0 Å². The SMILES string of the molecule is CN1C(=O)C2C(=NC=[N+]2CN2CCCCC2)N(C)C1=O. The monoisotopic (exact) mass is 278 g/mol. The van der Waals surface area contributed by atoms with Crippen LogP contribution < -0.4 is 0 Å². The zero-order valence-electron chi connectivity index (χ0n) is 11.9. The molecule has 2 fully saturated rings. The van der Waals surface area contributed by atoms with Crippen molar-refractivity contribution in [2.75, 3.05) is 33.9 Å². The minimum atomic E-state index is -0.454. The number of amidine groups is 1. The van der Waals surface area contributed by atoms with Gasteiger partial charge in [-0.15, -0.1) is 0 Å². The van der Waals surface area contributed by atoms with E-state index in [1.807, 2.05) is 4.58 Å². The summed E-state index contributed by atoms with van der Waals surface area (Å²) in [6, 6.07) is -0.775. The molecule has 3 rings (SSSR count). The van der Waals surface area contributed by atoms with Crippen molar-refractivity contribution in [2.45, 2.75) is 25.3 Å². The lowest BCUT2D eigenvalue weighted by atomic mass is 10.1. The molecule has 0 saturated carbocycles. The van der Waals surface area contributed by atoms with Crippen LogP contribution in [0.5, 0.6) is 0 Å². The summed E-state index contributed by atoms with van der Waals surface area (Å²) in [6.45, 7) is 2.82. The molecule has 20 heavy (non-hydrogen) atoms. The molecule has 2 saturated heterocycles. The summed E-state index contributed by atoms with van der Waals surface area (Å²) in [4.78, 5) is 33.4. The summed E-state index contributed by atoms with van der Waals surface area (Å²) in [5.74, 6) is 0.340. The van der Waals surface area contributed by atoms with Crippen molar-refractivity contribution in [2.24, 2.45) is 4.99 Å². The fraction of sp³-hybridized carbons (Fsp3) is 0.692. The van der Waals surface area contributed by atoms with E-state index in [2.05, 4.69) is 9.89 Å². The van der Waals surface area contributed by atoms with Gasteiger partial charge in [0.2, 0.25) is 0 Å². The minimum absolute atomic E-state index is 0.197. The second-order valence-corrected chi connectivity index (χ2v) is 5.58. The predicted octanol–water partition coefficient (Wildman–Crippen LogP) is -0.225. The van der Waals surface area contributed by atoms with Crippen molar-refractivity contribution in [1.82, 2.24) is 14.7 Å². The number of carbonyl (C=O) groups excluding carboxylic acids is 2. The molecular formula is C13H20N5O2+. The van der Waals surface area contributed by atoms with Gasteiger partial charge in [-0.25, -0.2) is 9.37 Å². The van der Waals surface area contributed by atoms with Crippen molar-refractivity contribution < 1.29 is 14.2 Å². The van der Waals surface area contributed by atoms with E-state index in [9.17, 15) is 9.59 Å². The first kappa shape index (κ1) is 13.2. The third kappa shape index (κ3) is 2.02. The zero-order valence-corrected chi connectivity index (χ0v) is 11.9. The van der Waals surface area contributed by atoms with Crippen LogP contribution >= 0.6 is 0 Å². The van der Waals surface area contributed by atoms with Gasteiger partial charge in [-0.1, -0.05) is 6.42 Å². The Morgan fingerprint density at radius 3 is 2.60 bits per heavy atom. The highest BCUT2D eigenvalue weighted by Gasteiger charge is 2.50. The van der Waals surface area contributed by atoms with Gasteiger partial charge >= 0.3 is 6.03 Å². The molecule has 108 valence electrons. The normalized spacial score (nSPS) is 27.6. The molecule has 1 atom stereocenters. The van der Waals surface area contributed by atoms with E-state index in [1.165, 1.54) is 36.1 Å². The van der Waals surface area contributed by atoms with E-state index in [4.69, 9.17) is 0 Å². The van der Waals surface area contributed by atoms with Crippen molar-refractivity contribution in [3.05, 3.63) is 0 Å². The second kappa shape index (κ2) is 4.97. The molecule has 0 radical (unpaired) electrons. The van der Waals surface area contributed by atoms with Crippen LogP contribution in [0.1, 0.15) is 19.3 Å². The fourth-order valence-electron chi connectivity index (χ4n) is 2.99. The van der Waals surface area contributed by atoms with E-state index in [1.54, 1.807) is 13.4 Å². The van der Waals surface area contributed by atoms with Gasteiger partial charge in [-0.05, 0) is 17.8 Å². The molecule has 0 N–H and O–H groups in total. The molecule has 1 unspecified atom stereocenters. The van der Waals surface area contributed by atoms with Gasteiger partial charge in [0.25, 0.3) is 24.1 Å². The average molecular weight is 278 g/mol. The number of amides is 3. The molecule has 0 bridgehead atoms. The van der Waals surface area contributed by atoms with Gasteiger partial charge in [-0.3, -0.25) is 19.5 Å². The summed E-state index contributed by atoms with van der Waals surface area (Å²) in [7, 11) is 3.19. The zero-order chi connectivity index (χ0) is 14.3. The lowest BCUT2D eigenvalue weighted by Gasteiger charge is -2.32. The highest BCUT2D eigenvalue weighted by atomic mass is 16.2. The molecular weight excluding hydrogens is 258 g/mol. The lowest BCUT2D eigenvalue weighted by molar-refractivity contribution is -0.552. The minimum Gasteiger partial charge on any atom is -0.269 e. The van der Waals surface area contributed by atoms with Crippen LogP contribution in [-0.4, -0.2) is 83.3 Å². The third-order valence-electron chi connectivity index (χ3n) is 4.21. The third-order valence-corrected chi connectivity index (χ3v) is 4.21. The van der Waals surface area contributed by atoms with Crippen LogP contribution in [0, 0.1) is 0 Å². The molecule has 3 aliphatic heterocycles. The number of hydrogen-bond acceptors (Lipinski definition) is 4. The van der Waals surface area contributed by atoms with Crippen molar-refractivity contribution >= 4 is 24.1 Å². The molecule has 0 aliphatic carbocycles. The Bertz CT molecular complexity index is 507.